The topological polar surface area (TPSA) is 74.2 Å². The van der Waals surface area contributed by atoms with E-state index in [-0.39, 0.29) is 0 Å². The first kappa shape index (κ1) is 13.5. The Morgan fingerprint density at radius 2 is 2.05 bits per heavy atom. The van der Waals surface area contributed by atoms with Crippen molar-refractivity contribution < 1.29 is 9.26 Å². The molecule has 5 nitrogen and oxygen atoms in total. The van der Waals surface area contributed by atoms with E-state index in [4.69, 9.17) is 15.0 Å². The average molecular weight is 261 g/mol. The van der Waals surface area contributed by atoms with Crippen molar-refractivity contribution in [3.8, 4) is 0 Å². The Morgan fingerprint density at radius 1 is 1.21 bits per heavy atom. The van der Waals surface area contributed by atoms with Crippen LogP contribution in [-0.4, -0.2) is 23.9 Å². The number of aromatic nitrogens is 2. The predicted molar refractivity (Wildman–Crippen MR) is 72.8 cm³/mol. The fourth-order valence-corrected chi connectivity index (χ4v) is 1.87. The number of nitrogens with two attached hydrogens (primary N) is 1. The van der Waals surface area contributed by atoms with Gasteiger partial charge in [0, 0.05) is 32.2 Å². The number of rotatable bonds is 7. The van der Waals surface area contributed by atoms with Gasteiger partial charge in [-0.3, -0.25) is 0 Å². The smallest absolute Gasteiger partial charge is 0.226 e. The van der Waals surface area contributed by atoms with Gasteiger partial charge in [-0.2, -0.15) is 4.98 Å². The van der Waals surface area contributed by atoms with Crippen LogP contribution in [0, 0.1) is 0 Å². The number of ether oxygens (including phenoxy) is 1. The van der Waals surface area contributed by atoms with Crippen LogP contribution in [0.3, 0.4) is 0 Å². The van der Waals surface area contributed by atoms with Crippen molar-refractivity contribution in [2.45, 2.75) is 25.7 Å². The van der Waals surface area contributed by atoms with Gasteiger partial charge < -0.3 is 15.0 Å². The number of para-hydroxylation sites is 1. The fraction of sp³-hybridized carbons (Fsp3) is 0.429. The molecule has 5 heteroatoms. The highest BCUT2D eigenvalue weighted by Gasteiger charge is 2.07. The number of nitrogens with zero attached hydrogens (tertiary/aromatic N) is 2. The van der Waals surface area contributed by atoms with E-state index >= 15 is 0 Å². The van der Waals surface area contributed by atoms with Crippen molar-refractivity contribution in [1.29, 1.82) is 0 Å². The number of nitrogen functional groups attached to an aromatic ring is 1. The molecule has 19 heavy (non-hydrogen) atoms. The van der Waals surface area contributed by atoms with Gasteiger partial charge in [0.15, 0.2) is 5.82 Å². The Bertz CT molecular complexity index is 511. The second-order valence-electron chi connectivity index (χ2n) is 4.40. The Kier molecular flexibility index (Phi) is 4.92. The molecular weight excluding hydrogens is 242 g/mol. The highest BCUT2D eigenvalue weighted by molar-refractivity contribution is 5.46. The SMILES string of the molecule is COCCCc1noc(CCc2ccccc2N)n1. The largest absolute Gasteiger partial charge is 0.399 e. The van der Waals surface area contributed by atoms with Crippen LogP contribution in [0.1, 0.15) is 23.7 Å². The van der Waals surface area contributed by atoms with Crippen LogP contribution in [0.4, 0.5) is 5.69 Å². The molecule has 0 spiro atoms. The number of anilines is 1. The summed E-state index contributed by atoms with van der Waals surface area (Å²) in [6, 6.07) is 7.83. The van der Waals surface area contributed by atoms with Crippen molar-refractivity contribution in [3.63, 3.8) is 0 Å². The predicted octanol–water partition coefficient (Wildman–Crippen LogP) is 2.02. The summed E-state index contributed by atoms with van der Waals surface area (Å²) in [6.45, 7) is 0.713. The molecule has 0 aliphatic heterocycles. The maximum Gasteiger partial charge on any atom is 0.226 e. The number of methoxy groups -OCH3 is 1. The molecule has 1 aromatic carbocycles. The lowest BCUT2D eigenvalue weighted by Crippen LogP contribution is -1.98. The minimum atomic E-state index is 0.663. The summed E-state index contributed by atoms with van der Waals surface area (Å²) in [5, 5.41) is 3.95. The van der Waals surface area contributed by atoms with E-state index in [9.17, 15) is 0 Å². The zero-order valence-corrected chi connectivity index (χ0v) is 11.1. The first-order valence-electron chi connectivity index (χ1n) is 6.43. The van der Waals surface area contributed by atoms with Crippen LogP contribution in [0.2, 0.25) is 0 Å². The summed E-state index contributed by atoms with van der Waals surface area (Å²) in [5.41, 5.74) is 7.81. The van der Waals surface area contributed by atoms with Crippen LogP contribution in [0.25, 0.3) is 0 Å². The van der Waals surface area contributed by atoms with Gasteiger partial charge in [-0.25, -0.2) is 0 Å². The second kappa shape index (κ2) is 6.89. The van der Waals surface area contributed by atoms with Crippen LogP contribution < -0.4 is 5.73 Å². The van der Waals surface area contributed by atoms with E-state index in [1.807, 2.05) is 24.3 Å². The molecule has 102 valence electrons. The third-order valence-corrected chi connectivity index (χ3v) is 2.92. The van der Waals surface area contributed by atoms with Crippen LogP contribution in [0.15, 0.2) is 28.8 Å². The summed E-state index contributed by atoms with van der Waals surface area (Å²) >= 11 is 0. The van der Waals surface area contributed by atoms with Gasteiger partial charge in [0.2, 0.25) is 5.89 Å². The molecule has 0 bridgehead atoms. The molecule has 0 aliphatic rings. The molecule has 0 radical (unpaired) electrons. The quantitative estimate of drug-likeness (QED) is 0.609. The lowest BCUT2D eigenvalue weighted by molar-refractivity contribution is 0.194. The molecule has 0 aliphatic carbocycles. The third kappa shape index (κ3) is 4.06. The summed E-state index contributed by atoms with van der Waals surface area (Å²) in [4.78, 5) is 4.35. The van der Waals surface area contributed by atoms with Crippen molar-refractivity contribution in [1.82, 2.24) is 10.1 Å². The van der Waals surface area contributed by atoms with Crippen molar-refractivity contribution in [2.24, 2.45) is 0 Å². The standard InChI is InChI=1S/C14H19N3O2/c1-18-10-4-7-13-16-14(19-17-13)9-8-11-5-2-3-6-12(11)15/h2-3,5-6H,4,7-10,15H2,1H3. The van der Waals surface area contributed by atoms with E-state index in [0.29, 0.717) is 18.9 Å². The first-order valence-corrected chi connectivity index (χ1v) is 6.43. The van der Waals surface area contributed by atoms with E-state index in [1.54, 1.807) is 7.11 Å². The minimum absolute atomic E-state index is 0.663. The first-order chi connectivity index (χ1) is 9.29. The molecule has 0 amide bonds. The van der Waals surface area contributed by atoms with Gasteiger partial charge in [-0.05, 0) is 24.5 Å². The molecule has 0 saturated heterocycles. The Balaban J connectivity index is 1.85. The molecule has 2 rings (SSSR count). The zero-order chi connectivity index (χ0) is 13.5. The highest BCUT2D eigenvalue weighted by atomic mass is 16.5. The molecule has 0 unspecified atom stereocenters. The number of hydrogen-bond donors (Lipinski definition) is 1. The Morgan fingerprint density at radius 3 is 2.84 bits per heavy atom. The van der Waals surface area contributed by atoms with Crippen LogP contribution >= 0.6 is 0 Å². The van der Waals surface area contributed by atoms with Crippen molar-refractivity contribution in [3.05, 3.63) is 41.5 Å². The molecule has 2 aromatic rings. The fourth-order valence-electron chi connectivity index (χ4n) is 1.87. The minimum Gasteiger partial charge on any atom is -0.399 e. The summed E-state index contributed by atoms with van der Waals surface area (Å²) in [6.07, 6.45) is 3.21. The van der Waals surface area contributed by atoms with E-state index < -0.39 is 0 Å². The van der Waals surface area contributed by atoms with E-state index in [2.05, 4.69) is 10.1 Å². The van der Waals surface area contributed by atoms with Gasteiger partial charge in [0.1, 0.15) is 0 Å². The highest BCUT2D eigenvalue weighted by Crippen LogP contribution is 2.13. The van der Waals surface area contributed by atoms with E-state index in [0.717, 1.165) is 36.3 Å². The summed E-state index contributed by atoms with van der Waals surface area (Å²) in [5.74, 6) is 1.41. The monoisotopic (exact) mass is 261 g/mol. The van der Waals surface area contributed by atoms with Crippen LogP contribution in [0.5, 0.6) is 0 Å². The normalized spacial score (nSPS) is 10.8. The number of hydrogen-bond acceptors (Lipinski definition) is 5. The number of benzene rings is 1. The maximum absolute atomic E-state index is 5.89. The lowest BCUT2D eigenvalue weighted by atomic mass is 10.1. The lowest BCUT2D eigenvalue weighted by Gasteiger charge is -2.02. The molecule has 1 aromatic heterocycles. The zero-order valence-electron chi connectivity index (χ0n) is 11.1. The Hall–Kier alpha value is -1.88. The number of aryl methyl sites for hydroxylation is 3. The summed E-state index contributed by atoms with van der Waals surface area (Å²) in [7, 11) is 1.69. The molecule has 1 heterocycles. The third-order valence-electron chi connectivity index (χ3n) is 2.92. The van der Waals surface area contributed by atoms with Crippen molar-refractivity contribution in [2.75, 3.05) is 19.5 Å². The molecular formula is C14H19N3O2. The van der Waals surface area contributed by atoms with Gasteiger partial charge in [-0.15, -0.1) is 0 Å². The van der Waals surface area contributed by atoms with Gasteiger partial charge in [-0.1, -0.05) is 23.4 Å². The van der Waals surface area contributed by atoms with Crippen molar-refractivity contribution >= 4 is 5.69 Å². The molecule has 0 atom stereocenters. The molecule has 0 fully saturated rings. The maximum atomic E-state index is 5.89. The molecule has 2 N–H and O–H groups in total. The summed E-state index contributed by atoms with van der Waals surface area (Å²) < 4.78 is 10.2. The van der Waals surface area contributed by atoms with Crippen LogP contribution in [-0.2, 0) is 24.0 Å². The second-order valence-corrected chi connectivity index (χ2v) is 4.40. The van der Waals surface area contributed by atoms with Gasteiger partial charge >= 0.3 is 0 Å². The van der Waals surface area contributed by atoms with E-state index in [1.165, 1.54) is 0 Å². The van der Waals surface area contributed by atoms with Gasteiger partial charge in [0.25, 0.3) is 0 Å². The molecule has 0 saturated carbocycles. The van der Waals surface area contributed by atoms with Gasteiger partial charge in [0.05, 0.1) is 0 Å². The average Bonchev–Trinajstić information content (AvgIpc) is 2.86. The Labute approximate surface area is 112 Å².